The lowest BCUT2D eigenvalue weighted by Crippen LogP contribution is -2.47. The number of hydrogen-bond donors (Lipinski definition) is 3. The predicted octanol–water partition coefficient (Wildman–Crippen LogP) is 1.87. The Morgan fingerprint density at radius 2 is 1.80 bits per heavy atom. The van der Waals surface area contributed by atoms with Gasteiger partial charge in [-0.05, 0) is 30.2 Å². The van der Waals surface area contributed by atoms with E-state index in [1.54, 1.807) is 26.0 Å². The van der Waals surface area contributed by atoms with Crippen LogP contribution in [0, 0.1) is 5.92 Å². The minimum Gasteiger partial charge on any atom is -0.480 e. The molecule has 2 rings (SSSR count). The number of amides is 2. The van der Waals surface area contributed by atoms with Crippen molar-refractivity contribution in [2.75, 3.05) is 0 Å². The summed E-state index contributed by atoms with van der Waals surface area (Å²) >= 11 is 0. The number of carboxylic acids is 1. The van der Waals surface area contributed by atoms with Crippen LogP contribution in [0.5, 0.6) is 0 Å². The van der Waals surface area contributed by atoms with E-state index < -0.39 is 23.8 Å². The first kappa shape index (κ1) is 18.1. The van der Waals surface area contributed by atoms with E-state index in [1.807, 2.05) is 0 Å². The van der Waals surface area contributed by atoms with Gasteiger partial charge >= 0.3 is 5.97 Å². The summed E-state index contributed by atoms with van der Waals surface area (Å²) in [5, 5.41) is 14.0. The molecule has 8 heteroatoms. The van der Waals surface area contributed by atoms with E-state index in [2.05, 4.69) is 10.6 Å². The first-order chi connectivity index (χ1) is 11.9. The minimum absolute atomic E-state index is 0.0109. The molecule has 0 aliphatic carbocycles. The van der Waals surface area contributed by atoms with E-state index >= 15 is 0 Å². The quantitative estimate of drug-likeness (QED) is 0.658. The van der Waals surface area contributed by atoms with E-state index in [1.165, 1.54) is 30.7 Å². The van der Waals surface area contributed by atoms with Crippen molar-refractivity contribution < 1.29 is 28.3 Å². The maximum Gasteiger partial charge on any atom is 0.326 e. The molecule has 2 aromatic rings. The third-order valence-electron chi connectivity index (χ3n) is 3.29. The van der Waals surface area contributed by atoms with Gasteiger partial charge < -0.3 is 24.6 Å². The highest BCUT2D eigenvalue weighted by Crippen LogP contribution is 2.10. The smallest absolute Gasteiger partial charge is 0.326 e. The minimum atomic E-state index is -1.17. The summed E-state index contributed by atoms with van der Waals surface area (Å²) in [5.74, 6) is -2.57. The molecule has 0 saturated carbocycles. The topological polar surface area (TPSA) is 122 Å². The maximum atomic E-state index is 12.5. The van der Waals surface area contributed by atoms with Gasteiger partial charge in [0.05, 0.1) is 12.5 Å². The Bertz CT molecular complexity index is 759. The Morgan fingerprint density at radius 1 is 1.12 bits per heavy atom. The van der Waals surface area contributed by atoms with E-state index in [4.69, 9.17) is 8.83 Å². The molecule has 0 aliphatic rings. The number of carbonyl (C=O) groups is 3. The summed E-state index contributed by atoms with van der Waals surface area (Å²) in [6.07, 6.45) is 4.03. The Kier molecular flexibility index (Phi) is 5.78. The normalized spacial score (nSPS) is 12.7. The van der Waals surface area contributed by atoms with Crippen LogP contribution in [0.1, 0.15) is 30.2 Å². The number of aliphatic carboxylic acids is 1. The van der Waals surface area contributed by atoms with Gasteiger partial charge in [0.15, 0.2) is 5.76 Å². The lowest BCUT2D eigenvalue weighted by Gasteiger charge is -2.19. The van der Waals surface area contributed by atoms with Gasteiger partial charge in [-0.1, -0.05) is 13.8 Å². The van der Waals surface area contributed by atoms with Crippen molar-refractivity contribution in [3.8, 4) is 0 Å². The number of rotatable bonds is 7. The first-order valence-electron chi connectivity index (χ1n) is 7.52. The van der Waals surface area contributed by atoms with Crippen molar-refractivity contribution in [2.45, 2.75) is 19.9 Å². The summed E-state index contributed by atoms with van der Waals surface area (Å²) in [4.78, 5) is 35.9. The van der Waals surface area contributed by atoms with Gasteiger partial charge in [0.1, 0.15) is 17.5 Å². The number of carbonyl (C=O) groups excluding carboxylic acids is 2. The van der Waals surface area contributed by atoms with Crippen molar-refractivity contribution in [1.82, 2.24) is 10.6 Å². The lowest BCUT2D eigenvalue weighted by atomic mass is 10.0. The molecule has 0 fully saturated rings. The second-order valence-electron chi connectivity index (χ2n) is 5.54. The fraction of sp³-hybridized carbons (Fsp3) is 0.235. The lowest BCUT2D eigenvalue weighted by molar-refractivity contribution is -0.142. The summed E-state index contributed by atoms with van der Waals surface area (Å²) in [5.41, 5.74) is -0.164. The van der Waals surface area contributed by atoms with Gasteiger partial charge in [0.2, 0.25) is 0 Å². The second-order valence-corrected chi connectivity index (χ2v) is 5.54. The highest BCUT2D eigenvalue weighted by molar-refractivity contribution is 6.05. The largest absolute Gasteiger partial charge is 0.480 e. The fourth-order valence-corrected chi connectivity index (χ4v) is 2.00. The van der Waals surface area contributed by atoms with Crippen molar-refractivity contribution in [2.24, 2.45) is 5.92 Å². The molecule has 2 amide bonds. The second kappa shape index (κ2) is 8.00. The summed E-state index contributed by atoms with van der Waals surface area (Å²) < 4.78 is 10.1. The molecule has 0 aromatic carbocycles. The SMILES string of the molecule is CC(C)C(NC(=O)C(=Cc1ccco1)NC(=O)c1ccco1)C(=O)O. The third-order valence-corrected chi connectivity index (χ3v) is 3.29. The molecule has 0 spiro atoms. The molecule has 25 heavy (non-hydrogen) atoms. The van der Waals surface area contributed by atoms with Crippen LogP contribution in [0.15, 0.2) is 51.3 Å². The molecular formula is C17H18N2O6. The Balaban J connectivity index is 2.23. The zero-order chi connectivity index (χ0) is 18.4. The molecule has 2 heterocycles. The van der Waals surface area contributed by atoms with Crippen LogP contribution >= 0.6 is 0 Å². The maximum absolute atomic E-state index is 12.5. The van der Waals surface area contributed by atoms with Gasteiger partial charge in [0.25, 0.3) is 11.8 Å². The van der Waals surface area contributed by atoms with Crippen molar-refractivity contribution >= 4 is 23.9 Å². The van der Waals surface area contributed by atoms with Gasteiger partial charge in [0, 0.05) is 6.08 Å². The highest BCUT2D eigenvalue weighted by Gasteiger charge is 2.26. The summed E-state index contributed by atoms with van der Waals surface area (Å²) in [7, 11) is 0. The van der Waals surface area contributed by atoms with E-state index in [0.29, 0.717) is 5.76 Å². The molecule has 0 bridgehead atoms. The molecular weight excluding hydrogens is 328 g/mol. The number of furan rings is 2. The van der Waals surface area contributed by atoms with E-state index in [-0.39, 0.29) is 17.4 Å². The standard InChI is InChI=1S/C17H18N2O6/c1-10(2)14(17(22)23)19-15(20)12(9-11-5-3-7-24-11)18-16(21)13-6-4-8-25-13/h3-10,14H,1-2H3,(H,18,21)(H,19,20)(H,22,23). The number of carboxylic acid groups (broad SMARTS) is 1. The van der Waals surface area contributed by atoms with Crippen LogP contribution in [0.25, 0.3) is 6.08 Å². The molecule has 8 nitrogen and oxygen atoms in total. The van der Waals surface area contributed by atoms with Crippen LogP contribution in [-0.4, -0.2) is 28.9 Å². The van der Waals surface area contributed by atoms with Crippen molar-refractivity contribution in [1.29, 1.82) is 0 Å². The average molecular weight is 346 g/mol. The number of nitrogens with one attached hydrogen (secondary N) is 2. The molecule has 0 saturated heterocycles. The Morgan fingerprint density at radius 3 is 2.32 bits per heavy atom. The van der Waals surface area contributed by atoms with Crippen molar-refractivity contribution in [3.63, 3.8) is 0 Å². The van der Waals surface area contributed by atoms with Gasteiger partial charge in [-0.15, -0.1) is 0 Å². The molecule has 1 atom stereocenters. The Hall–Kier alpha value is -3.29. The summed E-state index contributed by atoms with van der Waals surface area (Å²) in [6, 6.07) is 5.07. The molecule has 0 radical (unpaired) electrons. The van der Waals surface area contributed by atoms with Crippen LogP contribution in [0.2, 0.25) is 0 Å². The fourth-order valence-electron chi connectivity index (χ4n) is 2.00. The third kappa shape index (κ3) is 4.84. The highest BCUT2D eigenvalue weighted by atomic mass is 16.4. The zero-order valence-electron chi connectivity index (χ0n) is 13.7. The summed E-state index contributed by atoms with van der Waals surface area (Å²) in [6.45, 7) is 3.33. The van der Waals surface area contributed by atoms with Crippen LogP contribution in [0.4, 0.5) is 0 Å². The van der Waals surface area contributed by atoms with Crippen LogP contribution in [-0.2, 0) is 9.59 Å². The first-order valence-corrected chi connectivity index (χ1v) is 7.52. The Labute approximate surface area is 143 Å². The van der Waals surface area contributed by atoms with Gasteiger partial charge in [-0.2, -0.15) is 0 Å². The molecule has 3 N–H and O–H groups in total. The molecule has 0 aliphatic heterocycles. The van der Waals surface area contributed by atoms with Crippen LogP contribution < -0.4 is 10.6 Å². The predicted molar refractivity (Wildman–Crippen MR) is 87.3 cm³/mol. The van der Waals surface area contributed by atoms with E-state index in [0.717, 1.165) is 0 Å². The zero-order valence-corrected chi connectivity index (χ0v) is 13.7. The molecule has 132 valence electrons. The average Bonchev–Trinajstić information content (AvgIpc) is 3.24. The molecule has 1 unspecified atom stereocenters. The van der Waals surface area contributed by atoms with E-state index in [9.17, 15) is 19.5 Å². The van der Waals surface area contributed by atoms with Gasteiger partial charge in [-0.3, -0.25) is 9.59 Å². The number of hydrogen-bond acceptors (Lipinski definition) is 5. The van der Waals surface area contributed by atoms with Gasteiger partial charge in [-0.25, -0.2) is 4.79 Å². The van der Waals surface area contributed by atoms with Crippen LogP contribution in [0.3, 0.4) is 0 Å². The monoisotopic (exact) mass is 346 g/mol. The van der Waals surface area contributed by atoms with Crippen molar-refractivity contribution in [3.05, 3.63) is 54.0 Å². The molecule has 2 aromatic heterocycles.